The highest BCUT2D eigenvalue weighted by Gasteiger charge is 2.33. The van der Waals surface area contributed by atoms with Crippen molar-refractivity contribution in [2.75, 3.05) is 13.2 Å². The van der Waals surface area contributed by atoms with Gasteiger partial charge in [0, 0.05) is 0 Å². The molecule has 3 heteroatoms. The summed E-state index contributed by atoms with van der Waals surface area (Å²) < 4.78 is 6.24. The van der Waals surface area contributed by atoms with E-state index in [2.05, 4.69) is 34.6 Å². The third-order valence-corrected chi connectivity index (χ3v) is 6.48. The van der Waals surface area contributed by atoms with E-state index >= 15 is 0 Å². The zero-order chi connectivity index (χ0) is 17.0. The van der Waals surface area contributed by atoms with E-state index in [1.165, 1.54) is 38.5 Å². The largest absolute Gasteiger partial charge is 0.385 e. The monoisotopic (exact) mass is 326 g/mol. The van der Waals surface area contributed by atoms with Gasteiger partial charge in [-0.05, 0) is 63.7 Å². The Kier molecular flexibility index (Phi) is 7.37. The van der Waals surface area contributed by atoms with Gasteiger partial charge in [0.2, 0.25) is 0 Å². The van der Waals surface area contributed by atoms with Crippen LogP contribution in [0, 0.1) is 17.8 Å². The maximum absolute atomic E-state index is 10.5. The normalized spacial score (nSPS) is 40.3. The Balaban J connectivity index is 1.81. The van der Waals surface area contributed by atoms with Crippen LogP contribution in [-0.2, 0) is 4.74 Å². The van der Waals surface area contributed by atoms with Crippen LogP contribution in [0.25, 0.3) is 0 Å². The SMILES string of the molecule is CC(C)[C@@H]1CC[C@H](C)C[C@H]1OC[C@H](O)C[NH+]1[C@H](C)CCC[C@@H]1C. The Bertz CT molecular complexity index is 337. The lowest BCUT2D eigenvalue weighted by Crippen LogP contribution is -3.20. The average molecular weight is 327 g/mol. The molecule has 0 aromatic heterocycles. The fraction of sp³-hybridized carbons (Fsp3) is 1.00. The molecule has 1 saturated carbocycles. The number of aliphatic hydroxyl groups excluding tert-OH is 1. The number of hydrogen-bond donors (Lipinski definition) is 2. The zero-order valence-corrected chi connectivity index (χ0v) is 16.1. The fourth-order valence-corrected chi connectivity index (χ4v) is 4.86. The molecule has 1 aliphatic heterocycles. The van der Waals surface area contributed by atoms with E-state index < -0.39 is 0 Å². The molecule has 0 radical (unpaired) electrons. The molecule has 2 aliphatic rings. The summed E-state index contributed by atoms with van der Waals surface area (Å²) in [6.07, 6.45) is 7.74. The van der Waals surface area contributed by atoms with Gasteiger partial charge in [-0.15, -0.1) is 0 Å². The maximum atomic E-state index is 10.5. The van der Waals surface area contributed by atoms with Crippen LogP contribution in [0.15, 0.2) is 0 Å². The summed E-state index contributed by atoms with van der Waals surface area (Å²) in [6, 6.07) is 1.35. The molecule has 1 saturated heterocycles. The molecule has 0 spiro atoms. The highest BCUT2D eigenvalue weighted by atomic mass is 16.5. The number of piperidine rings is 1. The average Bonchev–Trinajstić information content (AvgIpc) is 2.49. The number of nitrogens with one attached hydrogen (secondary N) is 1. The van der Waals surface area contributed by atoms with Crippen molar-refractivity contribution >= 4 is 0 Å². The first kappa shape index (κ1) is 19.2. The van der Waals surface area contributed by atoms with E-state index in [1.54, 1.807) is 4.90 Å². The minimum absolute atomic E-state index is 0.321. The molecule has 2 N–H and O–H groups in total. The van der Waals surface area contributed by atoms with Crippen LogP contribution < -0.4 is 4.90 Å². The molecule has 3 nitrogen and oxygen atoms in total. The Labute approximate surface area is 143 Å². The minimum Gasteiger partial charge on any atom is -0.385 e. The summed E-state index contributed by atoms with van der Waals surface area (Å²) in [5, 5.41) is 10.5. The van der Waals surface area contributed by atoms with E-state index in [0.717, 1.165) is 12.5 Å². The third kappa shape index (κ3) is 5.44. The van der Waals surface area contributed by atoms with Crippen molar-refractivity contribution in [1.82, 2.24) is 0 Å². The standard InChI is InChI=1S/C20H39NO2/c1-14(2)19-10-9-15(3)11-20(19)23-13-18(22)12-21-16(4)7-6-8-17(21)5/h14-20,22H,6-13H2,1-5H3/p+1/t15-,16-,17+,18+,19-,20+/m0/s1. The fourth-order valence-electron chi connectivity index (χ4n) is 4.86. The lowest BCUT2D eigenvalue weighted by atomic mass is 9.75. The Morgan fingerprint density at radius 1 is 1.04 bits per heavy atom. The summed E-state index contributed by atoms with van der Waals surface area (Å²) in [5.74, 6) is 2.11. The number of ether oxygens (including phenoxy) is 1. The van der Waals surface area contributed by atoms with E-state index in [4.69, 9.17) is 4.74 Å². The van der Waals surface area contributed by atoms with Gasteiger partial charge < -0.3 is 14.7 Å². The van der Waals surface area contributed by atoms with Crippen LogP contribution in [0.1, 0.15) is 73.1 Å². The number of rotatable bonds is 6. The molecular formula is C20H40NO2+. The van der Waals surface area contributed by atoms with Gasteiger partial charge in [0.05, 0.1) is 24.8 Å². The molecule has 0 aromatic carbocycles. The van der Waals surface area contributed by atoms with Gasteiger partial charge >= 0.3 is 0 Å². The third-order valence-electron chi connectivity index (χ3n) is 6.48. The summed E-state index contributed by atoms with van der Waals surface area (Å²) in [4.78, 5) is 1.57. The van der Waals surface area contributed by atoms with Crippen molar-refractivity contribution in [2.45, 2.75) is 97.4 Å². The van der Waals surface area contributed by atoms with Crippen LogP contribution in [0.5, 0.6) is 0 Å². The van der Waals surface area contributed by atoms with Crippen molar-refractivity contribution in [3.05, 3.63) is 0 Å². The van der Waals surface area contributed by atoms with Crippen LogP contribution in [0.2, 0.25) is 0 Å². The lowest BCUT2D eigenvalue weighted by molar-refractivity contribution is -0.954. The molecule has 0 aromatic rings. The van der Waals surface area contributed by atoms with E-state index in [0.29, 0.717) is 36.6 Å². The van der Waals surface area contributed by atoms with Crippen LogP contribution in [0.3, 0.4) is 0 Å². The zero-order valence-electron chi connectivity index (χ0n) is 16.1. The second-order valence-electron chi connectivity index (χ2n) is 8.86. The van der Waals surface area contributed by atoms with E-state index in [9.17, 15) is 5.11 Å². The molecule has 1 aliphatic carbocycles. The number of aliphatic hydroxyl groups is 1. The highest BCUT2D eigenvalue weighted by molar-refractivity contribution is 4.81. The van der Waals surface area contributed by atoms with Crippen LogP contribution >= 0.6 is 0 Å². The Hall–Kier alpha value is -0.120. The van der Waals surface area contributed by atoms with Gasteiger partial charge in [-0.2, -0.15) is 0 Å². The quantitative estimate of drug-likeness (QED) is 0.787. The first-order valence-electron chi connectivity index (χ1n) is 10.0. The van der Waals surface area contributed by atoms with Gasteiger partial charge in [-0.25, -0.2) is 0 Å². The summed E-state index contributed by atoms with van der Waals surface area (Å²) >= 11 is 0. The maximum Gasteiger partial charge on any atom is 0.126 e. The van der Waals surface area contributed by atoms with Gasteiger partial charge in [0.1, 0.15) is 12.6 Å². The minimum atomic E-state index is -0.321. The summed E-state index contributed by atoms with van der Waals surface area (Å²) in [7, 11) is 0. The number of hydrogen-bond acceptors (Lipinski definition) is 2. The van der Waals surface area contributed by atoms with Crippen LogP contribution in [0.4, 0.5) is 0 Å². The highest BCUT2D eigenvalue weighted by Crippen LogP contribution is 2.35. The molecule has 2 rings (SSSR count). The smallest absolute Gasteiger partial charge is 0.126 e. The molecule has 7 atom stereocenters. The van der Waals surface area contributed by atoms with Crippen molar-refractivity contribution in [1.29, 1.82) is 0 Å². The predicted molar refractivity (Wildman–Crippen MR) is 95.7 cm³/mol. The topological polar surface area (TPSA) is 33.9 Å². The Morgan fingerprint density at radius 2 is 1.70 bits per heavy atom. The van der Waals surface area contributed by atoms with E-state index in [1.807, 2.05) is 0 Å². The van der Waals surface area contributed by atoms with Gasteiger partial charge in [0.25, 0.3) is 0 Å². The van der Waals surface area contributed by atoms with Crippen LogP contribution in [-0.4, -0.2) is 42.5 Å². The Morgan fingerprint density at radius 3 is 2.30 bits per heavy atom. The van der Waals surface area contributed by atoms with Gasteiger partial charge in [0.15, 0.2) is 0 Å². The predicted octanol–water partition coefficient (Wildman–Crippen LogP) is 2.67. The molecular weight excluding hydrogens is 286 g/mol. The van der Waals surface area contributed by atoms with E-state index in [-0.39, 0.29) is 6.10 Å². The van der Waals surface area contributed by atoms with Crippen molar-refractivity contribution in [2.24, 2.45) is 17.8 Å². The lowest BCUT2D eigenvalue weighted by Gasteiger charge is -2.39. The molecule has 1 unspecified atom stereocenters. The molecule has 23 heavy (non-hydrogen) atoms. The number of quaternary nitrogens is 1. The molecule has 2 fully saturated rings. The first-order valence-corrected chi connectivity index (χ1v) is 10.0. The number of likely N-dealkylation sites (tertiary alicyclic amines) is 1. The second-order valence-corrected chi connectivity index (χ2v) is 8.86. The van der Waals surface area contributed by atoms with Crippen molar-refractivity contribution in [3.63, 3.8) is 0 Å². The first-order chi connectivity index (χ1) is 10.9. The molecule has 0 amide bonds. The summed E-state index contributed by atoms with van der Waals surface area (Å²) in [5.41, 5.74) is 0. The van der Waals surface area contributed by atoms with Crippen molar-refractivity contribution < 1.29 is 14.7 Å². The molecule has 1 heterocycles. The van der Waals surface area contributed by atoms with Gasteiger partial charge in [-0.1, -0.05) is 27.2 Å². The second kappa shape index (κ2) is 8.82. The van der Waals surface area contributed by atoms with Gasteiger partial charge in [-0.3, -0.25) is 0 Å². The summed E-state index contributed by atoms with van der Waals surface area (Å²) in [6.45, 7) is 13.0. The molecule has 0 bridgehead atoms. The van der Waals surface area contributed by atoms with Crippen molar-refractivity contribution in [3.8, 4) is 0 Å². The molecule has 136 valence electrons.